The molecule has 22 heavy (non-hydrogen) atoms. The molecule has 0 aliphatic carbocycles. The molecule has 1 atom stereocenters. The first-order valence-corrected chi connectivity index (χ1v) is 8.00. The van der Waals surface area contributed by atoms with Gasteiger partial charge in [0.1, 0.15) is 11.5 Å². The number of amides is 1. The minimum Gasteiger partial charge on any atom is -0.497 e. The number of likely N-dealkylation sites (tertiary alicyclic amines) is 1. The molecule has 5 heteroatoms. The van der Waals surface area contributed by atoms with Gasteiger partial charge in [0.25, 0.3) is 5.91 Å². The molecule has 1 aliphatic heterocycles. The molecule has 1 aromatic carbocycles. The van der Waals surface area contributed by atoms with Crippen molar-refractivity contribution in [3.63, 3.8) is 0 Å². The fraction of sp³-hybridized carbons (Fsp3) is 0.588. The number of benzene rings is 1. The first-order valence-electron chi connectivity index (χ1n) is 8.00. The summed E-state index contributed by atoms with van der Waals surface area (Å²) in [4.78, 5) is 14.4. The van der Waals surface area contributed by atoms with Gasteiger partial charge in [0.15, 0.2) is 6.10 Å². The number of hydrogen-bond donors (Lipinski definition) is 1. The van der Waals surface area contributed by atoms with Gasteiger partial charge in [-0.05, 0) is 70.1 Å². The zero-order valence-electron chi connectivity index (χ0n) is 13.5. The van der Waals surface area contributed by atoms with Crippen molar-refractivity contribution in [2.75, 3.05) is 33.3 Å². The maximum Gasteiger partial charge on any atom is 0.260 e. The predicted molar refractivity (Wildman–Crippen MR) is 86.4 cm³/mol. The Balaban J connectivity index is 1.65. The highest BCUT2D eigenvalue weighted by atomic mass is 16.5. The van der Waals surface area contributed by atoms with Crippen LogP contribution >= 0.6 is 0 Å². The largest absolute Gasteiger partial charge is 0.497 e. The second kappa shape index (κ2) is 8.63. The lowest BCUT2D eigenvalue weighted by Crippen LogP contribution is -2.37. The lowest BCUT2D eigenvalue weighted by molar-refractivity contribution is -0.127. The Labute approximate surface area is 132 Å². The highest BCUT2D eigenvalue weighted by molar-refractivity contribution is 5.80. The van der Waals surface area contributed by atoms with Crippen LogP contribution in [0.4, 0.5) is 0 Å². The van der Waals surface area contributed by atoms with Crippen LogP contribution in [-0.2, 0) is 4.79 Å². The van der Waals surface area contributed by atoms with Crippen LogP contribution in [0.2, 0.25) is 0 Å². The molecule has 1 amide bonds. The summed E-state index contributed by atoms with van der Waals surface area (Å²) < 4.78 is 10.7. The summed E-state index contributed by atoms with van der Waals surface area (Å²) in [6.07, 6.45) is 3.10. The van der Waals surface area contributed by atoms with E-state index in [2.05, 4.69) is 10.2 Å². The standard InChI is InChI=1S/C17H26N2O3/c1-14(22-16-8-6-15(21-2)7-9-16)17(20)18-10-5-13-19-11-3-4-12-19/h6-9,14H,3-5,10-13H2,1-2H3,(H,18,20). The fourth-order valence-corrected chi connectivity index (χ4v) is 2.58. The lowest BCUT2D eigenvalue weighted by Gasteiger charge is -2.17. The number of carbonyl (C=O) groups excluding carboxylic acids is 1. The van der Waals surface area contributed by atoms with Crippen molar-refractivity contribution in [3.8, 4) is 11.5 Å². The average Bonchev–Trinajstić information content (AvgIpc) is 3.05. The van der Waals surface area contributed by atoms with E-state index in [1.54, 1.807) is 26.2 Å². The van der Waals surface area contributed by atoms with E-state index in [9.17, 15) is 4.79 Å². The molecule has 1 N–H and O–H groups in total. The third-order valence-electron chi connectivity index (χ3n) is 3.89. The molecule has 122 valence electrons. The molecule has 1 heterocycles. The van der Waals surface area contributed by atoms with Crippen LogP contribution in [0.5, 0.6) is 11.5 Å². The van der Waals surface area contributed by atoms with Gasteiger partial charge in [-0.1, -0.05) is 0 Å². The van der Waals surface area contributed by atoms with Gasteiger partial charge >= 0.3 is 0 Å². The van der Waals surface area contributed by atoms with Gasteiger partial charge in [-0.15, -0.1) is 0 Å². The number of nitrogens with one attached hydrogen (secondary N) is 1. The van der Waals surface area contributed by atoms with Crippen molar-refractivity contribution in [2.24, 2.45) is 0 Å². The second-order valence-electron chi connectivity index (χ2n) is 5.63. The van der Waals surface area contributed by atoms with Crippen LogP contribution in [0, 0.1) is 0 Å². The summed E-state index contributed by atoms with van der Waals surface area (Å²) in [6, 6.07) is 7.23. The molecule has 5 nitrogen and oxygen atoms in total. The Morgan fingerprint density at radius 3 is 2.50 bits per heavy atom. The van der Waals surface area contributed by atoms with Crippen molar-refractivity contribution in [3.05, 3.63) is 24.3 Å². The van der Waals surface area contributed by atoms with E-state index in [4.69, 9.17) is 9.47 Å². The molecule has 1 aliphatic rings. The maximum absolute atomic E-state index is 12.0. The van der Waals surface area contributed by atoms with Gasteiger partial charge in [-0.3, -0.25) is 4.79 Å². The highest BCUT2D eigenvalue weighted by Crippen LogP contribution is 2.18. The van der Waals surface area contributed by atoms with E-state index < -0.39 is 6.10 Å². The fourth-order valence-electron chi connectivity index (χ4n) is 2.58. The Morgan fingerprint density at radius 2 is 1.86 bits per heavy atom. The number of methoxy groups -OCH3 is 1. The van der Waals surface area contributed by atoms with E-state index in [1.165, 1.54) is 25.9 Å². The summed E-state index contributed by atoms with van der Waals surface area (Å²) in [5, 5.41) is 2.93. The van der Waals surface area contributed by atoms with E-state index in [-0.39, 0.29) is 5.91 Å². The molecule has 0 bridgehead atoms. The third kappa shape index (κ3) is 5.22. The van der Waals surface area contributed by atoms with E-state index in [1.807, 2.05) is 12.1 Å². The molecular formula is C17H26N2O3. The quantitative estimate of drug-likeness (QED) is 0.747. The summed E-state index contributed by atoms with van der Waals surface area (Å²) in [7, 11) is 1.62. The second-order valence-corrected chi connectivity index (χ2v) is 5.63. The van der Waals surface area contributed by atoms with Crippen LogP contribution < -0.4 is 14.8 Å². The number of rotatable bonds is 8. The highest BCUT2D eigenvalue weighted by Gasteiger charge is 2.15. The van der Waals surface area contributed by atoms with E-state index in [0.29, 0.717) is 12.3 Å². The molecule has 0 saturated carbocycles. The Morgan fingerprint density at radius 1 is 1.23 bits per heavy atom. The Hall–Kier alpha value is -1.75. The van der Waals surface area contributed by atoms with Crippen molar-refractivity contribution < 1.29 is 14.3 Å². The lowest BCUT2D eigenvalue weighted by atomic mass is 10.3. The first kappa shape index (κ1) is 16.6. The molecule has 1 unspecified atom stereocenters. The summed E-state index contributed by atoms with van der Waals surface area (Å²) in [5.74, 6) is 1.36. The molecule has 1 saturated heterocycles. The Bertz CT molecular complexity index is 455. The number of ether oxygens (including phenoxy) is 2. The van der Waals surface area contributed by atoms with Crippen LogP contribution in [0.25, 0.3) is 0 Å². The van der Waals surface area contributed by atoms with Gasteiger partial charge in [0.05, 0.1) is 7.11 Å². The van der Waals surface area contributed by atoms with E-state index in [0.717, 1.165) is 18.7 Å². The van der Waals surface area contributed by atoms with Gasteiger partial charge in [0.2, 0.25) is 0 Å². The van der Waals surface area contributed by atoms with Crippen LogP contribution in [0.3, 0.4) is 0 Å². The average molecular weight is 306 g/mol. The van der Waals surface area contributed by atoms with Crippen LogP contribution in [0.1, 0.15) is 26.2 Å². The molecular weight excluding hydrogens is 280 g/mol. The number of nitrogens with zero attached hydrogens (tertiary/aromatic N) is 1. The van der Waals surface area contributed by atoms with Crippen molar-refractivity contribution in [1.82, 2.24) is 10.2 Å². The SMILES string of the molecule is COc1ccc(OC(C)C(=O)NCCCN2CCCC2)cc1. The zero-order valence-corrected chi connectivity index (χ0v) is 13.5. The third-order valence-corrected chi connectivity index (χ3v) is 3.89. The summed E-state index contributed by atoms with van der Waals surface area (Å²) in [5.41, 5.74) is 0. The Kier molecular flexibility index (Phi) is 6.52. The molecule has 1 aromatic rings. The van der Waals surface area contributed by atoms with Crippen molar-refractivity contribution >= 4 is 5.91 Å². The van der Waals surface area contributed by atoms with Gasteiger partial charge in [-0.25, -0.2) is 0 Å². The van der Waals surface area contributed by atoms with Gasteiger partial charge < -0.3 is 19.7 Å². The van der Waals surface area contributed by atoms with Crippen LogP contribution in [0.15, 0.2) is 24.3 Å². The number of hydrogen-bond acceptors (Lipinski definition) is 4. The minimum atomic E-state index is -0.500. The van der Waals surface area contributed by atoms with E-state index >= 15 is 0 Å². The van der Waals surface area contributed by atoms with Crippen molar-refractivity contribution in [2.45, 2.75) is 32.3 Å². The molecule has 1 fully saturated rings. The smallest absolute Gasteiger partial charge is 0.260 e. The summed E-state index contributed by atoms with van der Waals surface area (Å²) in [6.45, 7) is 5.93. The molecule has 2 rings (SSSR count). The minimum absolute atomic E-state index is 0.0720. The molecule has 0 aromatic heterocycles. The normalized spacial score (nSPS) is 16.3. The zero-order chi connectivity index (χ0) is 15.8. The van der Waals surface area contributed by atoms with Gasteiger partial charge in [-0.2, -0.15) is 0 Å². The first-order chi connectivity index (χ1) is 10.7. The number of carbonyl (C=O) groups is 1. The molecule has 0 spiro atoms. The predicted octanol–water partition coefficient (Wildman–Crippen LogP) is 2.06. The van der Waals surface area contributed by atoms with Crippen LogP contribution in [-0.4, -0.2) is 50.2 Å². The summed E-state index contributed by atoms with van der Waals surface area (Å²) >= 11 is 0. The van der Waals surface area contributed by atoms with Crippen molar-refractivity contribution in [1.29, 1.82) is 0 Å². The molecule has 0 radical (unpaired) electrons. The topological polar surface area (TPSA) is 50.8 Å². The van der Waals surface area contributed by atoms with Gasteiger partial charge in [0, 0.05) is 6.54 Å². The maximum atomic E-state index is 12.0. The monoisotopic (exact) mass is 306 g/mol.